The van der Waals surface area contributed by atoms with Gasteiger partial charge in [-0.2, -0.15) is 0 Å². The maximum absolute atomic E-state index is 3.77. The van der Waals surface area contributed by atoms with Crippen LogP contribution in [0.3, 0.4) is 0 Å². The number of nitrogens with one attached hydrogen (secondary N) is 1. The molecule has 1 nitrogen and oxygen atoms in total. The molecule has 1 saturated carbocycles. The minimum absolute atomic E-state index is 0.720. The highest BCUT2D eigenvalue weighted by atomic mass is 15.0. The summed E-state index contributed by atoms with van der Waals surface area (Å²) >= 11 is 0. The van der Waals surface area contributed by atoms with E-state index in [9.17, 15) is 0 Å². The molecule has 0 amide bonds. The van der Waals surface area contributed by atoms with Gasteiger partial charge in [-0.25, -0.2) is 0 Å². The van der Waals surface area contributed by atoms with Gasteiger partial charge in [0.05, 0.1) is 0 Å². The average molecular weight is 227 g/mol. The Morgan fingerprint density at radius 2 is 1.71 bits per heavy atom. The average Bonchev–Trinajstić information content (AvgIpc) is 2.77. The van der Waals surface area contributed by atoms with Gasteiger partial charge >= 0.3 is 0 Å². The Balaban J connectivity index is 1.53. The van der Waals surface area contributed by atoms with E-state index in [4.69, 9.17) is 0 Å². The normalized spacial score (nSPS) is 28.3. The zero-order valence-electron chi connectivity index (χ0n) is 10.5. The van der Waals surface area contributed by atoms with Gasteiger partial charge in [0.1, 0.15) is 0 Å². The lowest BCUT2D eigenvalue weighted by Crippen LogP contribution is -2.44. The number of aryl methyl sites for hydroxylation is 1. The van der Waals surface area contributed by atoms with Crippen molar-refractivity contribution in [2.45, 2.75) is 50.6 Å². The molecule has 1 aromatic rings. The lowest BCUT2D eigenvalue weighted by molar-refractivity contribution is 0.266. The molecule has 0 radical (unpaired) electrons. The first-order valence-corrected chi connectivity index (χ1v) is 6.79. The van der Waals surface area contributed by atoms with Crippen LogP contribution in [-0.2, 0) is 0 Å². The number of benzene rings is 1. The lowest BCUT2D eigenvalue weighted by Gasteiger charge is -2.38. The third-order valence-corrected chi connectivity index (χ3v) is 4.25. The molecule has 0 heterocycles. The van der Waals surface area contributed by atoms with E-state index in [0.29, 0.717) is 0 Å². The molecule has 1 aromatic carbocycles. The lowest BCUT2D eigenvalue weighted by atomic mass is 9.74. The van der Waals surface area contributed by atoms with Crippen LogP contribution in [0, 0.1) is 6.92 Å². The molecule has 0 bridgehead atoms. The molecular weight excluding hydrogens is 206 g/mol. The van der Waals surface area contributed by atoms with Gasteiger partial charge in [-0.15, -0.1) is 0 Å². The molecule has 2 aliphatic carbocycles. The zero-order valence-corrected chi connectivity index (χ0v) is 10.5. The van der Waals surface area contributed by atoms with E-state index in [1.807, 2.05) is 0 Å². The fraction of sp³-hybridized carbons (Fsp3) is 0.500. The molecule has 3 rings (SSSR count). The standard InChI is InChI=1S/C16H21N/c1-12-6-2-5-9-16(12)13-10-15(11-13)17-14-7-3-4-8-14/h2-6,9,13-15,17H,7-8,10-11H2,1H3. The van der Waals surface area contributed by atoms with Crippen molar-refractivity contribution in [3.63, 3.8) is 0 Å². The van der Waals surface area contributed by atoms with Crippen molar-refractivity contribution in [2.24, 2.45) is 0 Å². The summed E-state index contributed by atoms with van der Waals surface area (Å²) in [6, 6.07) is 10.3. The topological polar surface area (TPSA) is 12.0 Å². The van der Waals surface area contributed by atoms with E-state index in [1.54, 1.807) is 5.56 Å². The summed E-state index contributed by atoms with van der Waals surface area (Å²) in [5.41, 5.74) is 3.02. The summed E-state index contributed by atoms with van der Waals surface area (Å²) in [5, 5.41) is 3.77. The van der Waals surface area contributed by atoms with E-state index in [2.05, 4.69) is 48.7 Å². The first-order chi connectivity index (χ1) is 8.33. The SMILES string of the molecule is Cc1ccccc1C1CC(NC2CC=CC2)C1. The number of rotatable bonds is 3. The Morgan fingerprint density at radius 3 is 2.41 bits per heavy atom. The van der Waals surface area contributed by atoms with Crippen molar-refractivity contribution >= 4 is 0 Å². The van der Waals surface area contributed by atoms with Crippen molar-refractivity contribution in [3.05, 3.63) is 47.5 Å². The van der Waals surface area contributed by atoms with Gasteiger partial charge in [-0.1, -0.05) is 36.4 Å². The van der Waals surface area contributed by atoms with E-state index < -0.39 is 0 Å². The van der Waals surface area contributed by atoms with Gasteiger partial charge in [0.2, 0.25) is 0 Å². The quantitative estimate of drug-likeness (QED) is 0.779. The highest BCUT2D eigenvalue weighted by Gasteiger charge is 2.32. The first kappa shape index (κ1) is 11.0. The summed E-state index contributed by atoms with van der Waals surface area (Å²) in [6.07, 6.45) is 9.70. The van der Waals surface area contributed by atoms with Gasteiger partial charge in [-0.05, 0) is 49.7 Å². The molecule has 1 fully saturated rings. The Hall–Kier alpha value is -1.08. The first-order valence-electron chi connectivity index (χ1n) is 6.79. The van der Waals surface area contributed by atoms with Crippen molar-refractivity contribution in [1.29, 1.82) is 0 Å². The largest absolute Gasteiger partial charge is 0.311 e. The molecule has 0 unspecified atom stereocenters. The van der Waals surface area contributed by atoms with Crippen LogP contribution in [-0.4, -0.2) is 12.1 Å². The van der Waals surface area contributed by atoms with Crippen molar-refractivity contribution < 1.29 is 0 Å². The minimum atomic E-state index is 0.720. The zero-order chi connectivity index (χ0) is 11.7. The van der Waals surface area contributed by atoms with Crippen LogP contribution in [0.1, 0.15) is 42.7 Å². The van der Waals surface area contributed by atoms with Crippen LogP contribution in [0.25, 0.3) is 0 Å². The van der Waals surface area contributed by atoms with Crippen molar-refractivity contribution in [3.8, 4) is 0 Å². The summed E-state index contributed by atoms with van der Waals surface area (Å²) < 4.78 is 0. The molecule has 2 aliphatic rings. The fourth-order valence-electron chi connectivity index (χ4n) is 3.14. The Morgan fingerprint density at radius 1 is 1.00 bits per heavy atom. The molecular formula is C16H21N. The van der Waals surface area contributed by atoms with Gasteiger partial charge in [-0.3, -0.25) is 0 Å². The van der Waals surface area contributed by atoms with E-state index >= 15 is 0 Å². The van der Waals surface area contributed by atoms with E-state index in [-0.39, 0.29) is 0 Å². The molecule has 17 heavy (non-hydrogen) atoms. The summed E-state index contributed by atoms with van der Waals surface area (Å²) in [4.78, 5) is 0. The van der Waals surface area contributed by atoms with Gasteiger partial charge in [0, 0.05) is 12.1 Å². The van der Waals surface area contributed by atoms with E-state index in [1.165, 1.54) is 31.2 Å². The molecule has 0 aliphatic heterocycles. The van der Waals surface area contributed by atoms with E-state index in [0.717, 1.165) is 18.0 Å². The highest BCUT2D eigenvalue weighted by molar-refractivity contribution is 5.31. The third kappa shape index (κ3) is 2.30. The third-order valence-electron chi connectivity index (χ3n) is 4.25. The smallest absolute Gasteiger partial charge is 0.0139 e. The molecule has 1 N–H and O–H groups in total. The predicted molar refractivity (Wildman–Crippen MR) is 72.2 cm³/mol. The van der Waals surface area contributed by atoms with Crippen molar-refractivity contribution in [1.82, 2.24) is 5.32 Å². The summed E-state index contributed by atoms with van der Waals surface area (Å²) in [5.74, 6) is 0.795. The molecule has 1 heteroatoms. The Kier molecular flexibility index (Phi) is 3.02. The molecule has 0 atom stereocenters. The van der Waals surface area contributed by atoms with Crippen LogP contribution in [0.5, 0.6) is 0 Å². The van der Waals surface area contributed by atoms with Crippen LogP contribution in [0.15, 0.2) is 36.4 Å². The Bertz CT molecular complexity index is 407. The van der Waals surface area contributed by atoms with Crippen molar-refractivity contribution in [2.75, 3.05) is 0 Å². The second kappa shape index (κ2) is 4.66. The van der Waals surface area contributed by atoms with Crippen LogP contribution >= 0.6 is 0 Å². The maximum Gasteiger partial charge on any atom is 0.0139 e. The molecule has 0 spiro atoms. The molecule has 0 saturated heterocycles. The summed E-state index contributed by atoms with van der Waals surface area (Å²) in [7, 11) is 0. The monoisotopic (exact) mass is 227 g/mol. The molecule has 90 valence electrons. The Labute approximate surface area is 104 Å². The fourth-order valence-corrected chi connectivity index (χ4v) is 3.14. The van der Waals surface area contributed by atoms with Gasteiger partial charge in [0.15, 0.2) is 0 Å². The van der Waals surface area contributed by atoms with Crippen LogP contribution in [0.4, 0.5) is 0 Å². The highest BCUT2D eigenvalue weighted by Crippen LogP contribution is 2.38. The predicted octanol–water partition coefficient (Wildman–Crippen LogP) is 3.55. The summed E-state index contributed by atoms with van der Waals surface area (Å²) in [6.45, 7) is 2.23. The number of hydrogen-bond acceptors (Lipinski definition) is 1. The van der Waals surface area contributed by atoms with Gasteiger partial charge < -0.3 is 5.32 Å². The second-order valence-corrected chi connectivity index (χ2v) is 5.53. The minimum Gasteiger partial charge on any atom is -0.311 e. The molecule has 0 aromatic heterocycles. The van der Waals surface area contributed by atoms with Crippen LogP contribution < -0.4 is 5.32 Å². The second-order valence-electron chi connectivity index (χ2n) is 5.53. The maximum atomic E-state index is 3.77. The van der Waals surface area contributed by atoms with Crippen LogP contribution in [0.2, 0.25) is 0 Å². The van der Waals surface area contributed by atoms with Gasteiger partial charge in [0.25, 0.3) is 0 Å². The number of hydrogen-bond donors (Lipinski definition) is 1.